The monoisotopic (exact) mass is 472 g/mol. The van der Waals surface area contributed by atoms with Gasteiger partial charge < -0.3 is 14.3 Å². The van der Waals surface area contributed by atoms with Crippen LogP contribution in [-0.4, -0.2) is 15.1 Å². The number of fused-ring (bicyclic) bond motifs is 1. The molecule has 34 heavy (non-hydrogen) atoms. The molecule has 0 unspecified atom stereocenters. The number of aryl methyl sites for hydroxylation is 3. The third-order valence-corrected chi connectivity index (χ3v) is 6.67. The van der Waals surface area contributed by atoms with Crippen molar-refractivity contribution in [3.05, 3.63) is 98.3 Å². The Morgan fingerprint density at radius 2 is 1.82 bits per heavy atom. The molecule has 0 spiro atoms. The van der Waals surface area contributed by atoms with Gasteiger partial charge in [0.15, 0.2) is 0 Å². The Labute approximate surface area is 200 Å². The van der Waals surface area contributed by atoms with Gasteiger partial charge in [-0.1, -0.05) is 53.8 Å². The number of aromatic hydroxyl groups is 1. The number of nitrogens with zero attached hydrogens (tertiary/aromatic N) is 1. The molecule has 0 amide bonds. The maximum Gasteiger partial charge on any atom is 0.307 e. The van der Waals surface area contributed by atoms with Crippen molar-refractivity contribution in [2.24, 2.45) is 0 Å². The summed E-state index contributed by atoms with van der Waals surface area (Å²) in [6, 6.07) is 22.3. The van der Waals surface area contributed by atoms with Crippen LogP contribution in [0.3, 0.4) is 0 Å². The molecule has 2 N–H and O–H groups in total. The summed E-state index contributed by atoms with van der Waals surface area (Å²) < 4.78 is 11.8. The zero-order chi connectivity index (χ0) is 23.5. The third-order valence-electron chi connectivity index (χ3n) is 5.73. The van der Waals surface area contributed by atoms with Crippen molar-refractivity contribution < 1.29 is 14.3 Å². The van der Waals surface area contributed by atoms with Gasteiger partial charge in [-0.05, 0) is 66.8 Å². The molecule has 0 atom stereocenters. The number of hydrogen-bond donors (Lipinski definition) is 2. The Bertz CT molecular complexity index is 1480. The first-order valence-electron chi connectivity index (χ1n) is 11.1. The minimum absolute atomic E-state index is 0.00172. The minimum atomic E-state index is -0.216. The summed E-state index contributed by atoms with van der Waals surface area (Å²) in [5.74, 6) is 2.13. The number of benzene rings is 3. The van der Waals surface area contributed by atoms with Crippen molar-refractivity contribution in [3.8, 4) is 23.1 Å². The zero-order valence-corrected chi connectivity index (χ0v) is 19.5. The lowest BCUT2D eigenvalue weighted by molar-refractivity contribution is 0.300. The molecule has 2 aromatic heterocycles. The molecule has 7 heteroatoms. The average Bonchev–Trinajstić information content (AvgIpc) is 3.38. The Balaban J connectivity index is 1.22. The van der Waals surface area contributed by atoms with Crippen molar-refractivity contribution in [2.45, 2.75) is 32.8 Å². The molecule has 0 saturated heterocycles. The molecule has 0 aliphatic rings. The summed E-state index contributed by atoms with van der Waals surface area (Å²) in [4.78, 5) is 18.8. The highest BCUT2D eigenvalue weighted by molar-refractivity contribution is 7.09. The molecule has 0 bridgehead atoms. The van der Waals surface area contributed by atoms with E-state index in [1.165, 1.54) is 5.56 Å². The van der Waals surface area contributed by atoms with Crippen molar-refractivity contribution in [1.82, 2.24) is 9.97 Å². The van der Waals surface area contributed by atoms with Crippen molar-refractivity contribution in [2.75, 3.05) is 0 Å². The highest BCUT2D eigenvalue weighted by atomic mass is 32.1. The fourth-order valence-corrected chi connectivity index (χ4v) is 4.68. The van der Waals surface area contributed by atoms with Crippen LogP contribution >= 0.6 is 11.3 Å². The second-order valence-corrected chi connectivity index (χ2v) is 9.23. The summed E-state index contributed by atoms with van der Waals surface area (Å²) in [6.45, 7) is 2.24. The number of hydrogen-bond acceptors (Lipinski definition) is 6. The smallest absolute Gasteiger partial charge is 0.307 e. The number of aromatic nitrogens is 2. The summed E-state index contributed by atoms with van der Waals surface area (Å²) in [5, 5.41) is 12.0. The largest absolute Gasteiger partial charge is 0.494 e. The summed E-state index contributed by atoms with van der Waals surface area (Å²) in [6.07, 6.45) is 2.40. The van der Waals surface area contributed by atoms with Crippen molar-refractivity contribution in [3.63, 3.8) is 0 Å². The quantitative estimate of drug-likeness (QED) is 0.289. The SMILES string of the molecule is Cc1oc(-c2ccccc2)nc1COc1ccc2cc(CCCc3sc(=O)[nH]c3O)ccc2c1. The first-order chi connectivity index (χ1) is 16.5. The Morgan fingerprint density at radius 3 is 2.62 bits per heavy atom. The van der Waals surface area contributed by atoms with Gasteiger partial charge in [-0.25, -0.2) is 4.98 Å². The topological polar surface area (TPSA) is 88.4 Å². The van der Waals surface area contributed by atoms with E-state index in [1.807, 2.05) is 49.4 Å². The number of H-pyrrole nitrogens is 1. The maximum atomic E-state index is 11.3. The number of thiazole rings is 1. The number of rotatable bonds is 8. The van der Waals surface area contributed by atoms with Gasteiger partial charge in [-0.3, -0.25) is 9.78 Å². The van der Waals surface area contributed by atoms with E-state index in [0.717, 1.165) is 57.7 Å². The van der Waals surface area contributed by atoms with E-state index >= 15 is 0 Å². The standard InChI is InChI=1S/C27H24N2O4S/c1-17-23(28-26(33-17)19-7-3-2-4-8-19)16-32-22-13-12-20-14-18(10-11-21(20)15-22)6-5-9-24-25(30)29-27(31)34-24/h2-4,7-8,10-15,30H,5-6,9,16H2,1H3,(H,29,31). The number of aromatic amines is 1. The second kappa shape index (κ2) is 9.57. The normalized spacial score (nSPS) is 11.2. The molecular formula is C27H24N2O4S. The van der Waals surface area contributed by atoms with Crippen LogP contribution in [0.25, 0.3) is 22.2 Å². The molecule has 3 aromatic carbocycles. The van der Waals surface area contributed by atoms with Crippen LogP contribution in [0.5, 0.6) is 11.6 Å². The molecule has 172 valence electrons. The lowest BCUT2D eigenvalue weighted by Crippen LogP contribution is -1.97. The molecule has 2 heterocycles. The minimum Gasteiger partial charge on any atom is -0.494 e. The van der Waals surface area contributed by atoms with Gasteiger partial charge in [-0.2, -0.15) is 0 Å². The molecule has 0 saturated carbocycles. The van der Waals surface area contributed by atoms with E-state index in [4.69, 9.17) is 9.15 Å². The van der Waals surface area contributed by atoms with Gasteiger partial charge in [0.1, 0.15) is 23.8 Å². The summed E-state index contributed by atoms with van der Waals surface area (Å²) in [7, 11) is 0. The van der Waals surface area contributed by atoms with Crippen LogP contribution in [-0.2, 0) is 19.4 Å². The molecule has 0 aliphatic heterocycles. The van der Waals surface area contributed by atoms with Crippen LogP contribution in [0.4, 0.5) is 0 Å². The van der Waals surface area contributed by atoms with Crippen LogP contribution in [0.2, 0.25) is 0 Å². The van der Waals surface area contributed by atoms with Gasteiger partial charge in [0.25, 0.3) is 0 Å². The summed E-state index contributed by atoms with van der Waals surface area (Å²) in [5.41, 5.74) is 2.95. The highest BCUT2D eigenvalue weighted by Gasteiger charge is 2.12. The predicted molar refractivity (Wildman–Crippen MR) is 134 cm³/mol. The fourth-order valence-electron chi connectivity index (χ4n) is 3.91. The first-order valence-corrected chi connectivity index (χ1v) is 11.9. The molecule has 0 fully saturated rings. The van der Waals surface area contributed by atoms with Gasteiger partial charge in [0.2, 0.25) is 11.8 Å². The van der Waals surface area contributed by atoms with Gasteiger partial charge >= 0.3 is 4.87 Å². The molecule has 5 aromatic rings. The van der Waals surface area contributed by atoms with Crippen molar-refractivity contribution in [1.29, 1.82) is 0 Å². The fraction of sp³-hybridized carbons (Fsp3) is 0.185. The van der Waals surface area contributed by atoms with Crippen LogP contribution < -0.4 is 9.61 Å². The third kappa shape index (κ3) is 4.89. The van der Waals surface area contributed by atoms with E-state index in [1.54, 1.807) is 0 Å². The van der Waals surface area contributed by atoms with E-state index in [2.05, 4.69) is 34.2 Å². The van der Waals surface area contributed by atoms with E-state index in [0.29, 0.717) is 23.8 Å². The average molecular weight is 473 g/mol. The number of nitrogens with one attached hydrogen (secondary N) is 1. The zero-order valence-electron chi connectivity index (χ0n) is 18.7. The Hall–Kier alpha value is -3.84. The lowest BCUT2D eigenvalue weighted by Gasteiger charge is -2.08. The first kappa shape index (κ1) is 22.0. The van der Waals surface area contributed by atoms with Crippen molar-refractivity contribution >= 4 is 22.1 Å². The highest BCUT2D eigenvalue weighted by Crippen LogP contribution is 2.26. The predicted octanol–water partition coefficient (Wildman–Crippen LogP) is 6.01. The molecule has 0 radical (unpaired) electrons. The Kier molecular flexibility index (Phi) is 6.18. The maximum absolute atomic E-state index is 11.3. The number of oxazole rings is 1. The lowest BCUT2D eigenvalue weighted by atomic mass is 10.0. The van der Waals surface area contributed by atoms with E-state index in [9.17, 15) is 9.90 Å². The Morgan fingerprint density at radius 1 is 1.03 bits per heavy atom. The van der Waals surface area contributed by atoms with Gasteiger partial charge in [-0.15, -0.1) is 0 Å². The van der Waals surface area contributed by atoms with E-state index in [-0.39, 0.29) is 10.8 Å². The van der Waals surface area contributed by atoms with Crippen LogP contribution in [0.1, 0.15) is 28.3 Å². The van der Waals surface area contributed by atoms with Gasteiger partial charge in [0.05, 0.1) is 4.88 Å². The van der Waals surface area contributed by atoms with Gasteiger partial charge in [0, 0.05) is 5.56 Å². The number of ether oxygens (including phenoxy) is 1. The second-order valence-electron chi connectivity index (χ2n) is 8.16. The summed E-state index contributed by atoms with van der Waals surface area (Å²) >= 11 is 1.07. The van der Waals surface area contributed by atoms with E-state index < -0.39 is 0 Å². The molecular weight excluding hydrogens is 448 g/mol. The molecule has 0 aliphatic carbocycles. The van der Waals surface area contributed by atoms with Crippen LogP contribution in [0.15, 0.2) is 75.9 Å². The molecule has 6 nitrogen and oxygen atoms in total. The molecule has 5 rings (SSSR count). The van der Waals surface area contributed by atoms with Crippen LogP contribution in [0, 0.1) is 6.92 Å².